The molecule has 2 aromatic heterocycles. The molecule has 2 saturated heterocycles. The van der Waals surface area contributed by atoms with Crippen molar-refractivity contribution in [2.45, 2.75) is 30.0 Å². The first-order valence-electron chi connectivity index (χ1n) is 10.7. The zero-order valence-corrected chi connectivity index (χ0v) is 20.7. The molecular weight excluding hydrogens is 474 g/mol. The summed E-state index contributed by atoms with van der Waals surface area (Å²) in [5.41, 5.74) is 6.22. The summed E-state index contributed by atoms with van der Waals surface area (Å²) in [4.78, 5) is 11.9. The maximum Gasteiger partial charge on any atom is 0.211 e. The lowest BCUT2D eigenvalue weighted by Gasteiger charge is -2.51. The van der Waals surface area contributed by atoms with Crippen molar-refractivity contribution < 1.29 is 17.9 Å². The highest BCUT2D eigenvalue weighted by Crippen LogP contribution is 2.46. The second-order valence-corrected chi connectivity index (χ2v) is 12.0. The zero-order chi connectivity index (χ0) is 22.9. The van der Waals surface area contributed by atoms with Crippen LogP contribution >= 0.6 is 22.9 Å². The number of rotatable bonds is 7. The Morgan fingerprint density at radius 1 is 1.41 bits per heavy atom. The molecular formula is C20H30ClN5O4S2. The van der Waals surface area contributed by atoms with Crippen molar-refractivity contribution in [2.75, 3.05) is 52.7 Å². The molecule has 4 rings (SSSR count). The van der Waals surface area contributed by atoms with E-state index in [-0.39, 0.29) is 12.0 Å². The molecule has 0 amide bonds. The Kier molecular flexibility index (Phi) is 7.38. The molecule has 9 nitrogen and oxygen atoms in total. The van der Waals surface area contributed by atoms with Crippen molar-refractivity contribution >= 4 is 43.2 Å². The van der Waals surface area contributed by atoms with Gasteiger partial charge in [0.15, 0.2) is 0 Å². The third kappa shape index (κ3) is 4.67. The molecule has 4 heterocycles. The second kappa shape index (κ2) is 9.75. The number of hydrogen-bond acceptors (Lipinski definition) is 9. The van der Waals surface area contributed by atoms with Gasteiger partial charge in [-0.3, -0.25) is 4.90 Å². The van der Waals surface area contributed by atoms with Gasteiger partial charge in [0.2, 0.25) is 10.0 Å². The Morgan fingerprint density at radius 3 is 2.75 bits per heavy atom. The topological polar surface area (TPSA) is 111 Å². The van der Waals surface area contributed by atoms with Crippen LogP contribution in [0.4, 0.5) is 0 Å². The Labute approximate surface area is 197 Å². The van der Waals surface area contributed by atoms with E-state index < -0.39 is 21.2 Å². The number of aromatic nitrogens is 2. The van der Waals surface area contributed by atoms with Gasteiger partial charge in [-0.2, -0.15) is 0 Å². The molecule has 12 heteroatoms. The van der Waals surface area contributed by atoms with Gasteiger partial charge >= 0.3 is 0 Å². The van der Waals surface area contributed by atoms with Crippen molar-refractivity contribution in [2.24, 2.45) is 11.7 Å². The molecule has 3 unspecified atom stereocenters. The van der Waals surface area contributed by atoms with Crippen LogP contribution in [-0.4, -0.2) is 91.5 Å². The first kappa shape index (κ1) is 24.2. The number of piperidine rings is 1. The van der Waals surface area contributed by atoms with Gasteiger partial charge in [-0.25, -0.2) is 22.7 Å². The van der Waals surface area contributed by atoms with Crippen LogP contribution in [0.3, 0.4) is 0 Å². The van der Waals surface area contributed by atoms with E-state index in [0.717, 1.165) is 15.1 Å². The maximum atomic E-state index is 12.0. The minimum atomic E-state index is -3.22. The number of halogens is 1. The fourth-order valence-corrected chi connectivity index (χ4v) is 7.42. The Balaban J connectivity index is 1.74. The first-order valence-corrected chi connectivity index (χ1v) is 13.8. The molecule has 2 aromatic rings. The third-order valence-electron chi connectivity index (χ3n) is 6.68. The molecule has 0 aromatic carbocycles. The van der Waals surface area contributed by atoms with Gasteiger partial charge in [0, 0.05) is 50.9 Å². The number of ether oxygens (including phenoxy) is 2. The molecule has 3 atom stereocenters. The lowest BCUT2D eigenvalue weighted by molar-refractivity contribution is -0.138. The summed E-state index contributed by atoms with van der Waals surface area (Å²) in [5, 5.41) is 0. The van der Waals surface area contributed by atoms with Gasteiger partial charge < -0.3 is 15.2 Å². The van der Waals surface area contributed by atoms with Gasteiger partial charge in [-0.05, 0) is 24.8 Å². The van der Waals surface area contributed by atoms with Crippen LogP contribution in [-0.2, 0) is 19.5 Å². The monoisotopic (exact) mass is 503 g/mol. The number of morpholine rings is 1. The SMILES string of the molecule is COC(CN)(C1CCN(S(C)(=O)=O)CC1)C(c1cc2ncncc2s1)N1CCOC(Cl)C1. The van der Waals surface area contributed by atoms with Crippen LogP contribution in [0, 0.1) is 5.92 Å². The van der Waals surface area contributed by atoms with Crippen molar-refractivity contribution in [3.63, 3.8) is 0 Å². The lowest BCUT2D eigenvalue weighted by Crippen LogP contribution is -2.60. The first-order chi connectivity index (χ1) is 15.3. The molecule has 32 heavy (non-hydrogen) atoms. The molecule has 178 valence electrons. The molecule has 0 radical (unpaired) electrons. The van der Waals surface area contributed by atoms with Crippen LogP contribution in [0.25, 0.3) is 10.2 Å². The maximum absolute atomic E-state index is 12.0. The van der Waals surface area contributed by atoms with Crippen molar-refractivity contribution in [3.05, 3.63) is 23.5 Å². The van der Waals surface area contributed by atoms with Crippen LogP contribution in [0.1, 0.15) is 23.8 Å². The summed E-state index contributed by atoms with van der Waals surface area (Å²) >= 11 is 8.02. The molecule has 0 aliphatic carbocycles. The number of hydrogen-bond donors (Lipinski definition) is 1. The number of methoxy groups -OCH3 is 1. The predicted molar refractivity (Wildman–Crippen MR) is 125 cm³/mol. The lowest BCUT2D eigenvalue weighted by atomic mass is 9.74. The normalized spacial score (nSPS) is 25.1. The van der Waals surface area contributed by atoms with Crippen LogP contribution in [0.2, 0.25) is 0 Å². The number of fused-ring (bicyclic) bond motifs is 1. The van der Waals surface area contributed by atoms with Crippen LogP contribution in [0.5, 0.6) is 0 Å². The third-order valence-corrected chi connectivity index (χ3v) is 9.36. The summed E-state index contributed by atoms with van der Waals surface area (Å²) in [6.07, 6.45) is 5.97. The van der Waals surface area contributed by atoms with Crippen LogP contribution in [0.15, 0.2) is 18.6 Å². The van der Waals surface area contributed by atoms with Crippen molar-refractivity contribution in [3.8, 4) is 0 Å². The van der Waals surface area contributed by atoms with E-state index in [1.807, 2.05) is 6.20 Å². The van der Waals surface area contributed by atoms with E-state index in [0.29, 0.717) is 52.2 Å². The fourth-order valence-electron chi connectivity index (χ4n) is 5.07. The quantitative estimate of drug-likeness (QED) is 0.568. The molecule has 0 saturated carbocycles. The van der Waals surface area contributed by atoms with Crippen molar-refractivity contribution in [1.29, 1.82) is 0 Å². The van der Waals surface area contributed by atoms with Crippen LogP contribution < -0.4 is 5.73 Å². The number of alkyl halides is 1. The zero-order valence-electron chi connectivity index (χ0n) is 18.3. The molecule has 0 spiro atoms. The van der Waals surface area contributed by atoms with E-state index in [9.17, 15) is 8.42 Å². The van der Waals surface area contributed by atoms with E-state index in [1.165, 1.54) is 10.6 Å². The fraction of sp³-hybridized carbons (Fsp3) is 0.700. The summed E-state index contributed by atoms with van der Waals surface area (Å²) in [6.45, 7) is 2.97. The highest BCUT2D eigenvalue weighted by atomic mass is 35.5. The summed E-state index contributed by atoms with van der Waals surface area (Å²) in [6, 6.07) is 1.91. The predicted octanol–water partition coefficient (Wildman–Crippen LogP) is 1.65. The van der Waals surface area contributed by atoms with Gasteiger partial charge in [0.25, 0.3) is 0 Å². The molecule has 2 aliphatic heterocycles. The van der Waals surface area contributed by atoms with E-state index in [4.69, 9.17) is 26.8 Å². The Hall–Kier alpha value is -0.920. The molecule has 2 fully saturated rings. The number of thiophene rings is 1. The second-order valence-electron chi connectivity index (χ2n) is 8.40. The van der Waals surface area contributed by atoms with Gasteiger partial charge in [-0.1, -0.05) is 11.6 Å². The molecule has 0 bridgehead atoms. The highest BCUT2D eigenvalue weighted by molar-refractivity contribution is 7.88. The smallest absolute Gasteiger partial charge is 0.211 e. The summed E-state index contributed by atoms with van der Waals surface area (Å²) < 4.78 is 38.5. The summed E-state index contributed by atoms with van der Waals surface area (Å²) in [7, 11) is -1.52. The van der Waals surface area contributed by atoms with Gasteiger partial charge in [0.05, 0.1) is 29.1 Å². The Bertz CT molecular complexity index is 991. The number of nitrogens with two attached hydrogens (primary N) is 1. The van der Waals surface area contributed by atoms with Gasteiger partial charge in [-0.15, -0.1) is 11.3 Å². The Morgan fingerprint density at radius 2 is 2.16 bits per heavy atom. The average Bonchev–Trinajstić information content (AvgIpc) is 3.20. The minimum Gasteiger partial charge on any atom is -0.375 e. The minimum absolute atomic E-state index is 0.0772. The van der Waals surface area contributed by atoms with E-state index >= 15 is 0 Å². The molecule has 2 aliphatic rings. The number of nitrogens with zero attached hydrogens (tertiary/aromatic N) is 4. The summed E-state index contributed by atoms with van der Waals surface area (Å²) in [5.74, 6) is 0.0772. The largest absolute Gasteiger partial charge is 0.375 e. The van der Waals surface area contributed by atoms with E-state index in [1.54, 1.807) is 24.8 Å². The average molecular weight is 504 g/mol. The standard InChI is InChI=1S/C20H30ClN5O4S2/c1-29-20(12-22,14-3-5-26(6-4-14)32(2,27)28)19(25-7-8-30-18(21)11-25)16-9-15-17(31-16)10-23-13-24-15/h9-10,13-14,18-19H,3-8,11-12,22H2,1-2H3. The molecule has 2 N–H and O–H groups in total. The highest BCUT2D eigenvalue weighted by Gasteiger charge is 2.50. The van der Waals surface area contributed by atoms with E-state index in [2.05, 4.69) is 20.9 Å². The van der Waals surface area contributed by atoms with Crippen molar-refractivity contribution in [1.82, 2.24) is 19.2 Å². The van der Waals surface area contributed by atoms with Gasteiger partial charge in [0.1, 0.15) is 17.5 Å². The number of sulfonamides is 1.